The molecule has 0 bridgehead atoms. The van der Waals surface area contributed by atoms with E-state index < -0.39 is 17.0 Å². The summed E-state index contributed by atoms with van der Waals surface area (Å²) in [5.41, 5.74) is 6.76. The van der Waals surface area contributed by atoms with E-state index in [-0.39, 0.29) is 0 Å². The average molecular weight is 486 g/mol. The summed E-state index contributed by atoms with van der Waals surface area (Å²) in [7, 11) is 0. The minimum Gasteiger partial charge on any atom is -0.386 e. The van der Waals surface area contributed by atoms with E-state index in [2.05, 4.69) is 22.0 Å². The zero-order chi connectivity index (χ0) is 25.9. The van der Waals surface area contributed by atoms with Gasteiger partial charge in [0.05, 0.1) is 16.7 Å². The molecule has 1 aromatic heterocycles. The number of thioether (sulfide) groups is 1. The molecule has 2 aromatic rings. The minimum absolute atomic E-state index is 0.313. The summed E-state index contributed by atoms with van der Waals surface area (Å²) < 4.78 is 14.5. The quantitative estimate of drug-likeness (QED) is 0.270. The second kappa shape index (κ2) is 13.0. The Morgan fingerprint density at radius 3 is 2.53 bits per heavy atom. The maximum atomic E-state index is 14.5. The first kappa shape index (κ1) is 29.0. The van der Waals surface area contributed by atoms with Crippen LogP contribution in [-0.4, -0.2) is 34.7 Å². The van der Waals surface area contributed by atoms with Gasteiger partial charge >= 0.3 is 0 Å². The third-order valence-electron chi connectivity index (χ3n) is 5.26. The number of rotatable bonds is 9. The highest BCUT2D eigenvalue weighted by Crippen LogP contribution is 2.40. The van der Waals surface area contributed by atoms with E-state index in [0.29, 0.717) is 35.5 Å². The maximum absolute atomic E-state index is 14.5. The van der Waals surface area contributed by atoms with Gasteiger partial charge in [0.15, 0.2) is 0 Å². The summed E-state index contributed by atoms with van der Waals surface area (Å²) in [6.45, 7) is 12.5. The number of aliphatic imine (C=N–C) groups is 1. The number of nitrogens with two attached hydrogens (primary N) is 1. The first-order valence-corrected chi connectivity index (χ1v) is 11.5. The molecule has 0 aliphatic carbocycles. The van der Waals surface area contributed by atoms with E-state index in [4.69, 9.17) is 11.0 Å². The molecule has 182 valence electrons. The van der Waals surface area contributed by atoms with Crippen molar-refractivity contribution < 1.29 is 14.3 Å². The van der Waals surface area contributed by atoms with Crippen molar-refractivity contribution in [3.63, 3.8) is 0 Å². The zero-order valence-corrected chi connectivity index (χ0v) is 21.0. The predicted molar refractivity (Wildman–Crippen MR) is 137 cm³/mol. The maximum Gasteiger partial charge on any atom is 0.211 e. The van der Waals surface area contributed by atoms with Crippen LogP contribution in [-0.2, 0) is 10.3 Å². The lowest BCUT2D eigenvalue weighted by molar-refractivity contribution is -0.105. The molecule has 1 amide bonds. The van der Waals surface area contributed by atoms with E-state index in [9.17, 15) is 14.3 Å². The van der Waals surface area contributed by atoms with Gasteiger partial charge in [-0.05, 0) is 82.1 Å². The summed E-state index contributed by atoms with van der Waals surface area (Å²) in [4.78, 5) is 19.6. The monoisotopic (exact) mass is 485 g/mol. The van der Waals surface area contributed by atoms with Crippen molar-refractivity contribution in [1.82, 2.24) is 4.98 Å². The number of nitrogens with one attached hydrogen (secondary N) is 1. The Kier molecular flexibility index (Phi) is 11.1. The van der Waals surface area contributed by atoms with Gasteiger partial charge in [0.1, 0.15) is 11.9 Å². The average Bonchev–Trinajstić information content (AvgIpc) is 2.80. The number of aliphatic hydroxyl groups is 1. The molecular weight excluding hydrogens is 453 g/mol. The van der Waals surface area contributed by atoms with Crippen molar-refractivity contribution in [2.24, 2.45) is 10.7 Å². The summed E-state index contributed by atoms with van der Waals surface area (Å²) in [6, 6.07) is 9.87. The number of hydrogen-bond acceptors (Lipinski definition) is 7. The Labute approximate surface area is 205 Å². The number of anilines is 1. The number of benzene rings is 1. The van der Waals surface area contributed by atoms with Crippen molar-refractivity contribution in [1.29, 1.82) is 5.26 Å². The Hall–Kier alpha value is -3.06. The number of aromatic nitrogens is 1. The molecule has 1 atom stereocenters. The Bertz CT molecular complexity index is 1060. The molecule has 34 heavy (non-hydrogen) atoms. The van der Waals surface area contributed by atoms with Crippen molar-refractivity contribution in [3.8, 4) is 6.07 Å². The first-order chi connectivity index (χ1) is 15.9. The largest absolute Gasteiger partial charge is 0.386 e. The number of carbonyl (C=O) groups is 1. The van der Waals surface area contributed by atoms with Gasteiger partial charge in [-0.3, -0.25) is 14.8 Å². The van der Waals surface area contributed by atoms with Crippen LogP contribution in [0.15, 0.2) is 52.0 Å². The smallest absolute Gasteiger partial charge is 0.211 e. The summed E-state index contributed by atoms with van der Waals surface area (Å²) in [5, 5.41) is 21.2. The van der Waals surface area contributed by atoms with E-state index in [1.165, 1.54) is 23.9 Å². The molecular formula is C25H32FN5O2S. The molecule has 7 nitrogen and oxygen atoms in total. The number of nitriles is 1. The normalized spacial score (nSPS) is 13.4. The number of nitrogens with zero attached hydrogens (tertiary/aromatic N) is 3. The minimum atomic E-state index is -1.03. The Balaban J connectivity index is 0.000000533. The molecule has 0 aliphatic rings. The van der Waals surface area contributed by atoms with Gasteiger partial charge in [0, 0.05) is 35.4 Å². The van der Waals surface area contributed by atoms with Crippen molar-refractivity contribution in [2.75, 3.05) is 11.2 Å². The Morgan fingerprint density at radius 1 is 1.38 bits per heavy atom. The van der Waals surface area contributed by atoms with Crippen molar-refractivity contribution >= 4 is 30.6 Å². The van der Waals surface area contributed by atoms with Gasteiger partial charge in [-0.25, -0.2) is 4.39 Å². The molecule has 1 heterocycles. The molecule has 0 saturated carbocycles. The fourth-order valence-corrected chi connectivity index (χ4v) is 3.96. The van der Waals surface area contributed by atoms with Gasteiger partial charge in [-0.1, -0.05) is 0 Å². The highest BCUT2D eigenvalue weighted by atomic mass is 32.2. The van der Waals surface area contributed by atoms with Gasteiger partial charge in [0.2, 0.25) is 6.41 Å². The zero-order valence-electron chi connectivity index (χ0n) is 20.2. The van der Waals surface area contributed by atoms with E-state index in [1.54, 1.807) is 39.1 Å². The second-order valence-corrected chi connectivity index (χ2v) is 9.40. The Morgan fingerprint density at radius 2 is 2.06 bits per heavy atom. The number of aryl methyl sites for hydroxylation is 1. The molecule has 9 heteroatoms. The van der Waals surface area contributed by atoms with E-state index in [1.807, 2.05) is 26.0 Å². The summed E-state index contributed by atoms with van der Waals surface area (Å²) in [5.74, 6) is -0.116. The van der Waals surface area contributed by atoms with Crippen LogP contribution in [0.5, 0.6) is 0 Å². The van der Waals surface area contributed by atoms with Gasteiger partial charge < -0.3 is 16.2 Å². The molecule has 0 radical (unpaired) electrons. The topological polar surface area (TPSA) is 124 Å². The van der Waals surface area contributed by atoms with Crippen LogP contribution in [0.2, 0.25) is 0 Å². The molecule has 1 aromatic carbocycles. The highest BCUT2D eigenvalue weighted by molar-refractivity contribution is 8.03. The SMILES string of the molecule is C=NC(C)(C/C(SCN)=C(\C)C(C)(C)O)c1cc(NC=O)ccc1F.Cc1ccc(C#N)cn1. The molecule has 0 aliphatic heterocycles. The number of amides is 1. The molecule has 0 spiro atoms. The van der Waals surface area contributed by atoms with Crippen LogP contribution in [0.1, 0.15) is 50.9 Å². The molecule has 2 rings (SSSR count). The lowest BCUT2D eigenvalue weighted by atomic mass is 9.86. The predicted octanol–water partition coefficient (Wildman–Crippen LogP) is 4.66. The number of hydrogen-bond donors (Lipinski definition) is 3. The number of carbonyl (C=O) groups excluding carboxylic acids is 1. The van der Waals surface area contributed by atoms with Gasteiger partial charge in [-0.15, -0.1) is 11.8 Å². The van der Waals surface area contributed by atoms with Crippen LogP contribution < -0.4 is 11.1 Å². The molecule has 1 unspecified atom stereocenters. The van der Waals surface area contributed by atoms with Crippen LogP contribution in [0.25, 0.3) is 0 Å². The van der Waals surface area contributed by atoms with Crippen molar-refractivity contribution in [3.05, 3.63) is 69.6 Å². The fraction of sp³-hybridized carbons (Fsp3) is 0.360. The van der Waals surface area contributed by atoms with Crippen molar-refractivity contribution in [2.45, 2.75) is 52.2 Å². The lowest BCUT2D eigenvalue weighted by Gasteiger charge is -2.30. The molecule has 0 fully saturated rings. The van der Waals surface area contributed by atoms with Crippen LogP contribution in [0.3, 0.4) is 0 Å². The first-order valence-electron chi connectivity index (χ1n) is 10.5. The van der Waals surface area contributed by atoms with Crippen LogP contribution in [0.4, 0.5) is 10.1 Å². The van der Waals surface area contributed by atoms with Crippen LogP contribution >= 0.6 is 11.8 Å². The number of pyridine rings is 1. The lowest BCUT2D eigenvalue weighted by Crippen LogP contribution is -2.26. The third kappa shape index (κ3) is 8.37. The third-order valence-corrected chi connectivity index (χ3v) is 6.23. The second-order valence-electron chi connectivity index (χ2n) is 8.28. The molecule has 4 N–H and O–H groups in total. The van der Waals surface area contributed by atoms with Crippen LogP contribution in [0, 0.1) is 24.1 Å². The number of halogens is 1. The standard InChI is InChI=1S/C18H26FN3O2S.C7H6N2/c1-12(17(2,3)24)16(25-10-20)9-18(4,21-5)14-8-13(22-11-23)6-7-15(14)19;1-6-2-3-7(4-8)5-9-6/h6-8,11,24H,5,9-10,20H2,1-4H3,(H,22,23);2-3,5H,1H3/b16-12-;. The van der Waals surface area contributed by atoms with Gasteiger partial charge in [0.25, 0.3) is 0 Å². The summed E-state index contributed by atoms with van der Waals surface area (Å²) >= 11 is 1.38. The van der Waals surface area contributed by atoms with E-state index in [0.717, 1.165) is 16.2 Å². The fourth-order valence-electron chi connectivity index (χ4n) is 2.91. The van der Waals surface area contributed by atoms with E-state index >= 15 is 0 Å². The highest BCUT2D eigenvalue weighted by Gasteiger charge is 2.32. The summed E-state index contributed by atoms with van der Waals surface area (Å²) in [6.07, 6.45) is 2.43. The molecule has 0 saturated heterocycles. The van der Waals surface area contributed by atoms with Gasteiger partial charge in [-0.2, -0.15) is 5.26 Å².